The van der Waals surface area contributed by atoms with Gasteiger partial charge < -0.3 is 0 Å². The highest BCUT2D eigenvalue weighted by Gasteiger charge is 2.02. The van der Waals surface area contributed by atoms with Gasteiger partial charge in [0.2, 0.25) is 0 Å². The van der Waals surface area contributed by atoms with Gasteiger partial charge in [0.05, 0.1) is 0 Å². The van der Waals surface area contributed by atoms with Crippen molar-refractivity contribution >= 4 is 0 Å². The average Bonchev–Trinajstić information content (AvgIpc) is 2.31. The standard InChI is InChI=1S/C10H12/c1-3-4-5-10-7-6-9(2)8-10/h3,5,8H,2,6-7H2,1H3. The van der Waals surface area contributed by atoms with Crippen molar-refractivity contribution < 1.29 is 0 Å². The maximum Gasteiger partial charge on any atom is -0.0171 e. The molecule has 0 N–H and O–H groups in total. The molecule has 0 aliphatic heterocycles. The SMILES string of the molecule is C=C1C=C(C=C=CC)CC1. The lowest BCUT2D eigenvalue weighted by atomic mass is 10.2. The minimum Gasteiger partial charge on any atom is -0.125 e. The molecule has 10 heavy (non-hydrogen) atoms. The van der Waals surface area contributed by atoms with Gasteiger partial charge in [0, 0.05) is 0 Å². The monoisotopic (exact) mass is 132 g/mol. The highest BCUT2D eigenvalue weighted by Crippen LogP contribution is 2.21. The van der Waals surface area contributed by atoms with Crippen molar-refractivity contribution in [2.45, 2.75) is 19.8 Å². The highest BCUT2D eigenvalue weighted by atomic mass is 14.1. The van der Waals surface area contributed by atoms with E-state index in [0.717, 1.165) is 12.8 Å². The van der Waals surface area contributed by atoms with Crippen LogP contribution in [0.2, 0.25) is 0 Å². The molecular formula is C10H12. The number of hydrogen-bond acceptors (Lipinski definition) is 0. The summed E-state index contributed by atoms with van der Waals surface area (Å²) in [5, 5.41) is 0. The Bertz CT molecular complexity index is 222. The molecule has 0 fully saturated rings. The molecule has 0 heteroatoms. The second-order valence-electron chi connectivity index (χ2n) is 2.48. The van der Waals surface area contributed by atoms with Crippen molar-refractivity contribution in [1.29, 1.82) is 0 Å². The summed E-state index contributed by atoms with van der Waals surface area (Å²) in [6, 6.07) is 0. The third-order valence-electron chi connectivity index (χ3n) is 1.56. The zero-order valence-electron chi connectivity index (χ0n) is 6.35. The lowest BCUT2D eigenvalue weighted by molar-refractivity contribution is 1.04. The van der Waals surface area contributed by atoms with Crippen LogP contribution < -0.4 is 0 Å². The smallest absolute Gasteiger partial charge is 0.0171 e. The van der Waals surface area contributed by atoms with Crippen LogP contribution in [0.5, 0.6) is 0 Å². The summed E-state index contributed by atoms with van der Waals surface area (Å²) in [7, 11) is 0. The minimum absolute atomic E-state index is 1.12. The van der Waals surface area contributed by atoms with Crippen molar-refractivity contribution in [1.82, 2.24) is 0 Å². The summed E-state index contributed by atoms with van der Waals surface area (Å²) >= 11 is 0. The average molecular weight is 132 g/mol. The number of allylic oxidation sites excluding steroid dienone is 4. The molecule has 0 amide bonds. The van der Waals surface area contributed by atoms with Crippen molar-refractivity contribution in [3.05, 3.63) is 41.7 Å². The lowest BCUT2D eigenvalue weighted by Crippen LogP contribution is -1.65. The van der Waals surface area contributed by atoms with Gasteiger partial charge in [-0.05, 0) is 37.5 Å². The van der Waals surface area contributed by atoms with Gasteiger partial charge in [-0.2, -0.15) is 0 Å². The fraction of sp³-hybridized carbons (Fsp3) is 0.300. The molecule has 52 valence electrons. The highest BCUT2D eigenvalue weighted by molar-refractivity contribution is 5.34. The van der Waals surface area contributed by atoms with Crippen LogP contribution in [0.25, 0.3) is 0 Å². The Morgan fingerprint density at radius 3 is 2.90 bits per heavy atom. The maximum absolute atomic E-state index is 3.88. The fourth-order valence-electron chi connectivity index (χ4n) is 1.02. The second kappa shape index (κ2) is 3.24. The first-order valence-corrected chi connectivity index (χ1v) is 3.58. The lowest BCUT2D eigenvalue weighted by Gasteiger charge is -1.83. The van der Waals surface area contributed by atoms with Crippen LogP contribution in [0.1, 0.15) is 19.8 Å². The molecule has 0 radical (unpaired) electrons. The molecule has 0 heterocycles. The van der Waals surface area contributed by atoms with Crippen LogP contribution in [-0.2, 0) is 0 Å². The molecule has 1 aliphatic carbocycles. The van der Waals surface area contributed by atoms with E-state index in [9.17, 15) is 0 Å². The molecule has 0 aromatic heterocycles. The molecule has 0 nitrogen and oxygen atoms in total. The summed E-state index contributed by atoms with van der Waals surface area (Å²) in [6.07, 6.45) is 8.34. The van der Waals surface area contributed by atoms with Gasteiger partial charge in [0.1, 0.15) is 0 Å². The van der Waals surface area contributed by atoms with Gasteiger partial charge in [0.15, 0.2) is 0 Å². The topological polar surface area (TPSA) is 0 Å². The summed E-state index contributed by atoms with van der Waals surface area (Å²) in [5.41, 5.74) is 5.64. The minimum atomic E-state index is 1.12. The molecule has 0 spiro atoms. The van der Waals surface area contributed by atoms with E-state index in [0.29, 0.717) is 0 Å². The fourth-order valence-corrected chi connectivity index (χ4v) is 1.02. The largest absolute Gasteiger partial charge is 0.125 e. The van der Waals surface area contributed by atoms with Crippen molar-refractivity contribution in [3.8, 4) is 0 Å². The molecule has 0 unspecified atom stereocenters. The molecule has 0 bridgehead atoms. The molecule has 1 rings (SSSR count). The first kappa shape index (κ1) is 7.11. The van der Waals surface area contributed by atoms with E-state index >= 15 is 0 Å². The molecule has 0 aromatic rings. The van der Waals surface area contributed by atoms with Gasteiger partial charge in [0.25, 0.3) is 0 Å². The quantitative estimate of drug-likeness (QED) is 0.481. The Hall–Kier alpha value is -1.00. The summed E-state index contributed by atoms with van der Waals surface area (Å²) in [5.74, 6) is 0. The van der Waals surface area contributed by atoms with E-state index in [1.165, 1.54) is 11.1 Å². The Morgan fingerprint density at radius 1 is 1.60 bits per heavy atom. The summed E-state index contributed by atoms with van der Waals surface area (Å²) in [4.78, 5) is 0. The van der Waals surface area contributed by atoms with Crippen molar-refractivity contribution in [2.75, 3.05) is 0 Å². The van der Waals surface area contributed by atoms with Crippen molar-refractivity contribution in [2.24, 2.45) is 0 Å². The predicted molar refractivity (Wildman–Crippen MR) is 44.8 cm³/mol. The second-order valence-corrected chi connectivity index (χ2v) is 2.48. The first-order chi connectivity index (χ1) is 4.83. The van der Waals surface area contributed by atoms with Gasteiger partial charge in [-0.1, -0.05) is 18.2 Å². The number of hydrogen-bond donors (Lipinski definition) is 0. The van der Waals surface area contributed by atoms with E-state index in [1.807, 2.05) is 19.1 Å². The van der Waals surface area contributed by atoms with E-state index in [1.54, 1.807) is 0 Å². The van der Waals surface area contributed by atoms with Gasteiger partial charge in [-0.3, -0.25) is 0 Å². The molecule has 0 saturated carbocycles. The van der Waals surface area contributed by atoms with Gasteiger partial charge in [-0.15, -0.1) is 5.73 Å². The van der Waals surface area contributed by atoms with Crippen LogP contribution in [-0.4, -0.2) is 0 Å². The van der Waals surface area contributed by atoms with E-state index in [-0.39, 0.29) is 0 Å². The zero-order chi connectivity index (χ0) is 7.40. The van der Waals surface area contributed by atoms with Gasteiger partial charge in [-0.25, -0.2) is 0 Å². The van der Waals surface area contributed by atoms with Crippen LogP contribution in [0.15, 0.2) is 41.7 Å². The Labute approximate surface area is 62.3 Å². The Kier molecular flexibility index (Phi) is 2.30. The maximum atomic E-state index is 3.88. The van der Waals surface area contributed by atoms with Crippen molar-refractivity contribution in [3.63, 3.8) is 0 Å². The van der Waals surface area contributed by atoms with Crippen LogP contribution in [0.4, 0.5) is 0 Å². The molecule has 0 aromatic carbocycles. The summed E-state index contributed by atoms with van der Waals surface area (Å²) in [6.45, 7) is 5.85. The van der Waals surface area contributed by atoms with Gasteiger partial charge >= 0.3 is 0 Å². The van der Waals surface area contributed by atoms with Crippen LogP contribution >= 0.6 is 0 Å². The molecular weight excluding hydrogens is 120 g/mol. The summed E-state index contributed by atoms with van der Waals surface area (Å²) < 4.78 is 0. The Balaban J connectivity index is 2.67. The molecule has 0 atom stereocenters. The van der Waals surface area contributed by atoms with Crippen LogP contribution in [0.3, 0.4) is 0 Å². The van der Waals surface area contributed by atoms with E-state index in [2.05, 4.69) is 18.4 Å². The molecule has 0 saturated heterocycles. The van der Waals surface area contributed by atoms with E-state index in [4.69, 9.17) is 0 Å². The normalized spacial score (nSPS) is 16.1. The number of rotatable bonds is 1. The third-order valence-corrected chi connectivity index (χ3v) is 1.56. The first-order valence-electron chi connectivity index (χ1n) is 3.58. The molecule has 1 aliphatic rings. The predicted octanol–water partition coefficient (Wildman–Crippen LogP) is 2.99. The third kappa shape index (κ3) is 1.75. The van der Waals surface area contributed by atoms with E-state index < -0.39 is 0 Å². The van der Waals surface area contributed by atoms with Crippen LogP contribution in [0, 0.1) is 0 Å². The Morgan fingerprint density at radius 2 is 2.40 bits per heavy atom. The zero-order valence-corrected chi connectivity index (χ0v) is 6.35.